The summed E-state index contributed by atoms with van der Waals surface area (Å²) < 4.78 is 0. The Labute approximate surface area is 47.3 Å². The zero-order chi connectivity index (χ0) is 4.41. The monoisotopic (exact) mass is 119 g/mol. The molecule has 0 saturated heterocycles. The van der Waals surface area contributed by atoms with Crippen LogP contribution in [0.15, 0.2) is 12.3 Å². The van der Waals surface area contributed by atoms with Gasteiger partial charge in [-0.2, -0.15) is 5.10 Å². The summed E-state index contributed by atoms with van der Waals surface area (Å²) in [7, 11) is 0. The van der Waals surface area contributed by atoms with Crippen molar-refractivity contribution in [2.24, 2.45) is 0 Å². The summed E-state index contributed by atoms with van der Waals surface area (Å²) >= 11 is 0. The third-order valence-electron chi connectivity index (χ3n) is 0.522. The molecule has 4 heteroatoms. The molecule has 3 N–H and O–H groups in total. The van der Waals surface area contributed by atoms with Crippen LogP contribution in [0.25, 0.3) is 0 Å². The van der Waals surface area contributed by atoms with Crippen molar-refractivity contribution in [3.05, 3.63) is 12.3 Å². The third kappa shape index (κ3) is 1.45. The van der Waals surface area contributed by atoms with Crippen LogP contribution in [0.1, 0.15) is 0 Å². The number of anilines is 1. The summed E-state index contributed by atoms with van der Waals surface area (Å²) in [6.45, 7) is 0. The van der Waals surface area contributed by atoms with Crippen molar-refractivity contribution in [1.82, 2.24) is 10.2 Å². The molecule has 0 aliphatic heterocycles. The van der Waals surface area contributed by atoms with Gasteiger partial charge in [0.15, 0.2) is 0 Å². The molecular weight excluding hydrogens is 114 g/mol. The van der Waals surface area contributed by atoms with E-state index in [1.54, 1.807) is 12.3 Å². The maximum atomic E-state index is 5.14. The number of hydrogen-bond donors (Lipinski definition) is 2. The Morgan fingerprint density at radius 3 is 2.57 bits per heavy atom. The zero-order valence-electron chi connectivity index (χ0n) is 3.59. The Balaban J connectivity index is 0.000000360. The largest absolute Gasteiger partial charge is 0.382 e. The molecule has 7 heavy (non-hydrogen) atoms. The Morgan fingerprint density at radius 1 is 1.71 bits per heavy atom. The summed E-state index contributed by atoms with van der Waals surface area (Å²) in [5, 5.41) is 6.12. The van der Waals surface area contributed by atoms with Crippen molar-refractivity contribution in [2.75, 3.05) is 5.73 Å². The smallest absolute Gasteiger partial charge is 0.145 e. The predicted octanol–water partition coefficient (Wildman–Crippen LogP) is 0.414. The number of halogens is 1. The van der Waals surface area contributed by atoms with E-state index in [2.05, 4.69) is 10.2 Å². The van der Waals surface area contributed by atoms with E-state index in [-0.39, 0.29) is 12.4 Å². The van der Waals surface area contributed by atoms with Crippen LogP contribution in [-0.4, -0.2) is 10.2 Å². The van der Waals surface area contributed by atoms with E-state index in [1.165, 1.54) is 0 Å². The number of H-pyrrole nitrogens is 1. The molecule has 0 amide bonds. The lowest BCUT2D eigenvalue weighted by atomic mass is 10.7. The molecule has 1 heterocycles. The number of hydrogen-bond acceptors (Lipinski definition) is 2. The molecule has 1 aromatic heterocycles. The quantitative estimate of drug-likeness (QED) is 0.520. The Kier molecular flexibility index (Phi) is 2.22. The van der Waals surface area contributed by atoms with E-state index in [1.807, 2.05) is 0 Å². The van der Waals surface area contributed by atoms with Gasteiger partial charge in [0.05, 0.1) is 0 Å². The number of nitrogen functional groups attached to an aromatic ring is 1. The normalized spacial score (nSPS) is 7.43. The number of aromatic nitrogens is 2. The third-order valence-corrected chi connectivity index (χ3v) is 0.522. The second-order valence-corrected chi connectivity index (χ2v) is 0.999. The summed E-state index contributed by atoms with van der Waals surface area (Å²) in [5.74, 6) is 0.537. The maximum Gasteiger partial charge on any atom is 0.145 e. The average molecular weight is 120 g/mol. The molecular formula is C3H6ClN3. The molecule has 0 bridgehead atoms. The van der Waals surface area contributed by atoms with Crippen molar-refractivity contribution in [1.29, 1.82) is 0 Å². The van der Waals surface area contributed by atoms with Crippen molar-refractivity contribution < 1.29 is 0 Å². The molecule has 0 aliphatic carbocycles. The molecule has 0 atom stereocenters. The summed E-state index contributed by atoms with van der Waals surface area (Å²) in [4.78, 5) is 0. The second kappa shape index (κ2) is 2.47. The molecule has 3 nitrogen and oxygen atoms in total. The minimum atomic E-state index is 0. The highest BCUT2D eigenvalue weighted by Gasteiger charge is 1.75. The van der Waals surface area contributed by atoms with E-state index in [9.17, 15) is 0 Å². The summed E-state index contributed by atoms with van der Waals surface area (Å²) in [5.41, 5.74) is 5.14. The fourth-order valence-electron chi connectivity index (χ4n) is 0.272. The summed E-state index contributed by atoms with van der Waals surface area (Å²) in [6, 6.07) is 1.69. The van der Waals surface area contributed by atoms with Crippen molar-refractivity contribution >= 4 is 18.2 Å². The van der Waals surface area contributed by atoms with Gasteiger partial charge in [0, 0.05) is 6.20 Å². The van der Waals surface area contributed by atoms with Gasteiger partial charge in [-0.25, -0.2) is 0 Å². The Morgan fingerprint density at radius 2 is 2.43 bits per heavy atom. The van der Waals surface area contributed by atoms with E-state index >= 15 is 0 Å². The SMILES string of the molecule is Cl.Nc1cc[nH]n1. The highest BCUT2D eigenvalue weighted by Crippen LogP contribution is 1.86. The van der Waals surface area contributed by atoms with Crippen LogP contribution >= 0.6 is 12.4 Å². The van der Waals surface area contributed by atoms with Crippen LogP contribution in [0.4, 0.5) is 5.82 Å². The topological polar surface area (TPSA) is 54.7 Å². The lowest BCUT2D eigenvalue weighted by Crippen LogP contribution is -1.81. The van der Waals surface area contributed by atoms with Crippen molar-refractivity contribution in [2.45, 2.75) is 0 Å². The molecule has 0 unspecified atom stereocenters. The van der Waals surface area contributed by atoms with Gasteiger partial charge < -0.3 is 5.73 Å². The Hall–Kier alpha value is -0.700. The van der Waals surface area contributed by atoms with Gasteiger partial charge in [-0.05, 0) is 6.07 Å². The highest BCUT2D eigenvalue weighted by atomic mass is 35.5. The van der Waals surface area contributed by atoms with E-state index < -0.39 is 0 Å². The predicted molar refractivity (Wildman–Crippen MR) is 30.2 cm³/mol. The van der Waals surface area contributed by atoms with Crippen LogP contribution < -0.4 is 5.73 Å². The first-order chi connectivity index (χ1) is 2.89. The molecule has 0 aromatic carbocycles. The number of aromatic amines is 1. The van der Waals surface area contributed by atoms with Crippen LogP contribution in [0, 0.1) is 0 Å². The second-order valence-electron chi connectivity index (χ2n) is 0.999. The molecule has 1 aromatic rings. The molecule has 0 aliphatic rings. The van der Waals surface area contributed by atoms with Crippen molar-refractivity contribution in [3.63, 3.8) is 0 Å². The summed E-state index contributed by atoms with van der Waals surface area (Å²) in [6.07, 6.45) is 1.68. The van der Waals surface area contributed by atoms with Gasteiger partial charge in [-0.3, -0.25) is 5.10 Å². The number of nitrogens with zero attached hydrogens (tertiary/aromatic N) is 1. The van der Waals surface area contributed by atoms with Gasteiger partial charge in [0.25, 0.3) is 0 Å². The first-order valence-electron chi connectivity index (χ1n) is 1.65. The zero-order valence-corrected chi connectivity index (χ0v) is 4.40. The minimum Gasteiger partial charge on any atom is -0.382 e. The molecule has 0 spiro atoms. The molecule has 0 fully saturated rings. The fourth-order valence-corrected chi connectivity index (χ4v) is 0.272. The minimum absolute atomic E-state index is 0. The van der Waals surface area contributed by atoms with Crippen LogP contribution in [0.2, 0.25) is 0 Å². The van der Waals surface area contributed by atoms with Crippen LogP contribution in [0.3, 0.4) is 0 Å². The highest BCUT2D eigenvalue weighted by molar-refractivity contribution is 5.85. The first kappa shape index (κ1) is 6.30. The van der Waals surface area contributed by atoms with E-state index in [4.69, 9.17) is 5.73 Å². The van der Waals surface area contributed by atoms with Gasteiger partial charge in [0.2, 0.25) is 0 Å². The van der Waals surface area contributed by atoms with Gasteiger partial charge >= 0.3 is 0 Å². The molecule has 0 saturated carbocycles. The van der Waals surface area contributed by atoms with Crippen molar-refractivity contribution in [3.8, 4) is 0 Å². The van der Waals surface area contributed by atoms with Gasteiger partial charge in [0.1, 0.15) is 5.82 Å². The number of rotatable bonds is 0. The molecule has 40 valence electrons. The molecule has 1 rings (SSSR count). The average Bonchev–Trinajstić information content (AvgIpc) is 1.86. The number of nitrogens with one attached hydrogen (secondary N) is 1. The van der Waals surface area contributed by atoms with Crippen LogP contribution in [0.5, 0.6) is 0 Å². The van der Waals surface area contributed by atoms with Gasteiger partial charge in [-0.1, -0.05) is 0 Å². The van der Waals surface area contributed by atoms with E-state index in [0.29, 0.717) is 5.82 Å². The lowest BCUT2D eigenvalue weighted by Gasteiger charge is -1.67. The standard InChI is InChI=1S/C3H5N3.ClH/c4-3-1-2-5-6-3;/h1-2H,(H3,4,5,6);1H. The van der Waals surface area contributed by atoms with E-state index in [0.717, 1.165) is 0 Å². The first-order valence-corrected chi connectivity index (χ1v) is 1.65. The number of nitrogens with two attached hydrogens (primary N) is 1. The van der Waals surface area contributed by atoms with Gasteiger partial charge in [-0.15, -0.1) is 12.4 Å². The maximum absolute atomic E-state index is 5.14. The van der Waals surface area contributed by atoms with Crippen LogP contribution in [-0.2, 0) is 0 Å². The Bertz CT molecular complexity index is 114. The fraction of sp³-hybridized carbons (Fsp3) is 0. The lowest BCUT2D eigenvalue weighted by molar-refractivity contribution is 1.10. The molecule has 0 radical (unpaired) electrons.